The number of hydrogen-bond donors (Lipinski definition) is 0. The first-order chi connectivity index (χ1) is 3.30. The van der Waals surface area contributed by atoms with Crippen LogP contribution in [0.4, 0.5) is 4.79 Å². The van der Waals surface area contributed by atoms with Gasteiger partial charge in [0.05, 0.1) is 19.4 Å². The topological polar surface area (TPSA) is 29.5 Å². The SMILES string of the molecule is O=C1OCCN1[S]. The van der Waals surface area contributed by atoms with E-state index in [1.54, 1.807) is 0 Å². The first kappa shape index (κ1) is 4.77. The Balaban J connectivity index is 2.48. The molecule has 0 aromatic carbocycles. The molecule has 1 radical (unpaired) electrons. The highest BCUT2D eigenvalue weighted by molar-refractivity contribution is 7.78. The third-order valence-electron chi connectivity index (χ3n) is 0.724. The first-order valence-electron chi connectivity index (χ1n) is 1.92. The van der Waals surface area contributed by atoms with Gasteiger partial charge in [0, 0.05) is 0 Å². The van der Waals surface area contributed by atoms with Gasteiger partial charge in [-0.1, -0.05) is 0 Å². The number of nitrogens with zero attached hydrogens (tertiary/aromatic N) is 1. The maximum absolute atomic E-state index is 10.2. The Labute approximate surface area is 46.8 Å². The number of hydrogen-bond acceptors (Lipinski definition) is 2. The third kappa shape index (κ3) is 0.796. The quantitative estimate of drug-likeness (QED) is 0.465. The second-order valence-electron chi connectivity index (χ2n) is 1.22. The minimum atomic E-state index is -0.394. The van der Waals surface area contributed by atoms with Gasteiger partial charge >= 0.3 is 6.09 Å². The van der Waals surface area contributed by atoms with E-state index in [4.69, 9.17) is 0 Å². The van der Waals surface area contributed by atoms with Crippen molar-refractivity contribution in [1.29, 1.82) is 0 Å². The lowest BCUT2D eigenvalue weighted by molar-refractivity contribution is 0.171. The Morgan fingerprint density at radius 2 is 2.57 bits per heavy atom. The number of cyclic esters (lactones) is 1. The Bertz CT molecular complexity index is 94.9. The molecule has 0 aromatic heterocycles. The molecule has 0 spiro atoms. The van der Waals surface area contributed by atoms with Crippen LogP contribution < -0.4 is 0 Å². The van der Waals surface area contributed by atoms with Crippen LogP contribution in [0.25, 0.3) is 0 Å². The third-order valence-corrected chi connectivity index (χ3v) is 1.06. The summed E-state index contributed by atoms with van der Waals surface area (Å²) in [4.78, 5) is 10.2. The summed E-state index contributed by atoms with van der Waals surface area (Å²) in [6.07, 6.45) is -0.394. The van der Waals surface area contributed by atoms with E-state index in [1.807, 2.05) is 0 Å². The largest absolute Gasteiger partial charge is 0.447 e. The van der Waals surface area contributed by atoms with E-state index in [9.17, 15) is 4.79 Å². The molecule has 0 N–H and O–H groups in total. The summed E-state index contributed by atoms with van der Waals surface area (Å²) >= 11 is 4.48. The molecule has 0 aromatic rings. The summed E-state index contributed by atoms with van der Waals surface area (Å²) in [5.41, 5.74) is 0. The predicted molar refractivity (Wildman–Crippen MR) is 25.6 cm³/mol. The van der Waals surface area contributed by atoms with Crippen molar-refractivity contribution in [2.24, 2.45) is 0 Å². The van der Waals surface area contributed by atoms with Crippen LogP contribution in [0, 0.1) is 0 Å². The van der Waals surface area contributed by atoms with Crippen molar-refractivity contribution < 1.29 is 9.53 Å². The molecule has 4 heteroatoms. The average molecular weight is 118 g/mol. The van der Waals surface area contributed by atoms with Gasteiger partial charge in [0.15, 0.2) is 0 Å². The highest BCUT2D eigenvalue weighted by Crippen LogP contribution is 2.03. The minimum absolute atomic E-state index is 0.394. The summed E-state index contributed by atoms with van der Waals surface area (Å²) in [5, 5.41) is 0. The zero-order valence-electron chi connectivity index (χ0n) is 3.59. The van der Waals surface area contributed by atoms with Crippen molar-refractivity contribution in [3.63, 3.8) is 0 Å². The highest BCUT2D eigenvalue weighted by atomic mass is 32.1. The van der Waals surface area contributed by atoms with Crippen LogP contribution in [0.1, 0.15) is 0 Å². The molecule has 7 heavy (non-hydrogen) atoms. The zero-order chi connectivity index (χ0) is 5.28. The Kier molecular flexibility index (Phi) is 1.10. The van der Waals surface area contributed by atoms with Gasteiger partial charge in [-0.25, -0.2) is 9.10 Å². The van der Waals surface area contributed by atoms with E-state index >= 15 is 0 Å². The van der Waals surface area contributed by atoms with Gasteiger partial charge in [-0.15, -0.1) is 0 Å². The monoisotopic (exact) mass is 118 g/mol. The number of carbonyl (C=O) groups is 1. The van der Waals surface area contributed by atoms with Gasteiger partial charge in [0.1, 0.15) is 6.61 Å². The van der Waals surface area contributed by atoms with Gasteiger partial charge in [-0.05, 0) is 0 Å². The van der Waals surface area contributed by atoms with Gasteiger partial charge in [0.25, 0.3) is 0 Å². The number of rotatable bonds is 0. The van der Waals surface area contributed by atoms with Crippen LogP contribution in [-0.2, 0) is 4.74 Å². The van der Waals surface area contributed by atoms with Crippen LogP contribution in [0.3, 0.4) is 0 Å². The second kappa shape index (κ2) is 1.61. The fourth-order valence-electron chi connectivity index (χ4n) is 0.379. The van der Waals surface area contributed by atoms with E-state index in [-0.39, 0.29) is 0 Å². The predicted octanol–water partition coefficient (Wildman–Crippen LogP) is 0.551. The molecule has 1 amide bonds. The first-order valence-corrected chi connectivity index (χ1v) is 2.28. The molecule has 0 unspecified atom stereocenters. The second-order valence-corrected chi connectivity index (χ2v) is 1.66. The molecule has 0 aliphatic carbocycles. The van der Waals surface area contributed by atoms with Crippen LogP contribution in [0.15, 0.2) is 0 Å². The molecule has 39 valence electrons. The standard InChI is InChI=1S/C3H4NO2S/c5-3-4(7)1-2-6-3/h1-2H2. The maximum atomic E-state index is 10.2. The van der Waals surface area contributed by atoms with Crippen molar-refractivity contribution in [2.75, 3.05) is 13.2 Å². The lowest BCUT2D eigenvalue weighted by Gasteiger charge is -1.94. The molecule has 1 heterocycles. The summed E-state index contributed by atoms with van der Waals surface area (Å²) in [7, 11) is 0. The van der Waals surface area contributed by atoms with E-state index in [0.29, 0.717) is 13.2 Å². The summed E-state index contributed by atoms with van der Waals surface area (Å²) < 4.78 is 5.57. The van der Waals surface area contributed by atoms with Gasteiger partial charge in [-0.2, -0.15) is 0 Å². The smallest absolute Gasteiger partial charge is 0.420 e. The van der Waals surface area contributed by atoms with Crippen LogP contribution >= 0.6 is 12.8 Å². The number of carbonyl (C=O) groups excluding carboxylic acids is 1. The molecular weight excluding hydrogens is 114 g/mol. The fraction of sp³-hybridized carbons (Fsp3) is 0.667. The van der Waals surface area contributed by atoms with Crippen molar-refractivity contribution in [3.05, 3.63) is 0 Å². The molecule has 0 bridgehead atoms. The maximum Gasteiger partial charge on any atom is 0.420 e. The molecule has 0 atom stereocenters. The van der Waals surface area contributed by atoms with Crippen molar-refractivity contribution in [2.45, 2.75) is 0 Å². The van der Waals surface area contributed by atoms with Crippen LogP contribution in [0.2, 0.25) is 0 Å². The molecule has 1 saturated heterocycles. The molecule has 1 aliphatic rings. The van der Waals surface area contributed by atoms with Crippen molar-refractivity contribution >= 4 is 18.9 Å². The number of ether oxygens (including phenoxy) is 1. The van der Waals surface area contributed by atoms with E-state index in [1.165, 1.54) is 0 Å². The average Bonchev–Trinajstić information content (AvgIpc) is 1.91. The van der Waals surface area contributed by atoms with E-state index in [0.717, 1.165) is 4.31 Å². The summed E-state index contributed by atoms with van der Waals surface area (Å²) in [5.74, 6) is 0. The minimum Gasteiger partial charge on any atom is -0.447 e. The Morgan fingerprint density at radius 3 is 2.71 bits per heavy atom. The molecule has 0 saturated carbocycles. The zero-order valence-corrected chi connectivity index (χ0v) is 4.40. The van der Waals surface area contributed by atoms with Gasteiger partial charge in [0.2, 0.25) is 0 Å². The lowest BCUT2D eigenvalue weighted by atomic mass is 10.7. The molecule has 3 nitrogen and oxygen atoms in total. The van der Waals surface area contributed by atoms with E-state index < -0.39 is 6.09 Å². The van der Waals surface area contributed by atoms with Crippen LogP contribution in [-0.4, -0.2) is 23.6 Å². The summed E-state index contributed by atoms with van der Waals surface area (Å²) in [6.45, 7) is 0.997. The molecule has 1 fully saturated rings. The molecule has 1 aliphatic heterocycles. The Hall–Kier alpha value is -0.380. The Morgan fingerprint density at radius 1 is 1.86 bits per heavy atom. The molecule has 1 rings (SSSR count). The van der Waals surface area contributed by atoms with Crippen molar-refractivity contribution in [3.8, 4) is 0 Å². The van der Waals surface area contributed by atoms with Crippen molar-refractivity contribution in [1.82, 2.24) is 4.31 Å². The summed E-state index contributed by atoms with van der Waals surface area (Å²) in [6, 6.07) is 0. The molecular formula is C3H4NO2S. The van der Waals surface area contributed by atoms with Crippen LogP contribution in [0.5, 0.6) is 0 Å². The lowest BCUT2D eigenvalue weighted by Crippen LogP contribution is -2.10. The van der Waals surface area contributed by atoms with Gasteiger partial charge in [-0.3, -0.25) is 0 Å². The van der Waals surface area contributed by atoms with E-state index in [2.05, 4.69) is 17.6 Å². The fourth-order valence-corrected chi connectivity index (χ4v) is 0.506. The van der Waals surface area contributed by atoms with Gasteiger partial charge < -0.3 is 4.74 Å². The highest BCUT2D eigenvalue weighted by Gasteiger charge is 2.18. The number of amides is 1. The normalized spacial score (nSPS) is 20.1.